The molecule has 9 aromatic rings. The van der Waals surface area contributed by atoms with Gasteiger partial charge in [0.2, 0.25) is 0 Å². The lowest BCUT2D eigenvalue weighted by atomic mass is 9.90. The van der Waals surface area contributed by atoms with Crippen LogP contribution in [-0.2, 0) is 0 Å². The van der Waals surface area contributed by atoms with Crippen molar-refractivity contribution in [1.29, 1.82) is 0 Å². The molecule has 0 spiro atoms. The molecule has 0 radical (unpaired) electrons. The van der Waals surface area contributed by atoms with Crippen molar-refractivity contribution in [3.8, 4) is 39.1 Å². The van der Waals surface area contributed by atoms with Crippen molar-refractivity contribution in [2.45, 2.75) is 9.79 Å². The number of fused-ring (bicyclic) bond motifs is 7. The summed E-state index contributed by atoms with van der Waals surface area (Å²) in [6.07, 6.45) is 0. The Morgan fingerprint density at radius 3 is 2.00 bits per heavy atom. The highest BCUT2D eigenvalue weighted by Crippen LogP contribution is 2.50. The second-order valence-corrected chi connectivity index (χ2v) is 13.2. The molecule has 0 unspecified atom stereocenters. The Hall–Kier alpha value is -5.57. The third-order valence-corrected chi connectivity index (χ3v) is 10.7. The summed E-state index contributed by atoms with van der Waals surface area (Å²) in [7, 11) is 0. The molecule has 2 heteroatoms. The van der Waals surface area contributed by atoms with Gasteiger partial charge in [-0.25, -0.2) is 0 Å². The Balaban J connectivity index is 1.26. The lowest BCUT2D eigenvalue weighted by Crippen LogP contribution is -1.96. The molecule has 0 amide bonds. The van der Waals surface area contributed by atoms with Gasteiger partial charge in [-0.15, -0.1) is 0 Å². The van der Waals surface area contributed by atoms with E-state index in [4.69, 9.17) is 0 Å². The smallest absolute Gasteiger partial charge is 0.0619 e. The van der Waals surface area contributed by atoms with E-state index < -0.39 is 0 Å². The highest BCUT2D eigenvalue weighted by molar-refractivity contribution is 7.99. The van der Waals surface area contributed by atoms with E-state index >= 15 is 0 Å². The van der Waals surface area contributed by atoms with Gasteiger partial charge in [-0.05, 0) is 80.4 Å². The maximum absolute atomic E-state index is 2.46. The summed E-state index contributed by atoms with van der Waals surface area (Å²) in [6.45, 7) is 0. The largest absolute Gasteiger partial charge is 0.309 e. The molecule has 8 aromatic carbocycles. The summed E-state index contributed by atoms with van der Waals surface area (Å²) in [6, 6.07) is 60.2. The van der Waals surface area contributed by atoms with E-state index in [1.165, 1.54) is 92.2 Å². The average molecular weight is 602 g/mol. The van der Waals surface area contributed by atoms with Crippen molar-refractivity contribution in [3.63, 3.8) is 0 Å². The van der Waals surface area contributed by atoms with E-state index in [2.05, 4.69) is 168 Å². The number of benzene rings is 8. The van der Waals surface area contributed by atoms with E-state index in [-0.39, 0.29) is 0 Å². The standard InChI is InChI=1S/C44H27NS/c1-2-14-31(15-3-1)45-39-25-23-28-11-4-5-17-33(28)43(39)37-21-10-20-36(44(37)45)34-18-7-6-16-32(34)30-24-26-40-38(27-30)35-19-8-12-29-13-9-22-41(46-40)42(29)35/h1-27H. The van der Waals surface area contributed by atoms with Gasteiger partial charge >= 0.3 is 0 Å². The molecule has 1 nitrogen and oxygen atoms in total. The van der Waals surface area contributed by atoms with Gasteiger partial charge in [0, 0.05) is 37.2 Å². The van der Waals surface area contributed by atoms with Crippen LogP contribution in [0.15, 0.2) is 174 Å². The van der Waals surface area contributed by atoms with Crippen LogP contribution in [0.1, 0.15) is 0 Å². The third kappa shape index (κ3) is 3.71. The first-order valence-electron chi connectivity index (χ1n) is 15.8. The number of aromatic nitrogens is 1. The highest BCUT2D eigenvalue weighted by Gasteiger charge is 2.22. The summed E-state index contributed by atoms with van der Waals surface area (Å²) in [5.74, 6) is 0. The molecule has 0 fully saturated rings. The lowest BCUT2D eigenvalue weighted by Gasteiger charge is -2.21. The van der Waals surface area contributed by atoms with Gasteiger partial charge in [0.1, 0.15) is 0 Å². The zero-order chi connectivity index (χ0) is 30.2. The van der Waals surface area contributed by atoms with Crippen LogP contribution in [0.3, 0.4) is 0 Å². The normalized spacial score (nSPS) is 12.3. The molecule has 0 bridgehead atoms. The summed E-state index contributed by atoms with van der Waals surface area (Å²) < 4.78 is 2.46. The molecular formula is C44H27NS. The average Bonchev–Trinajstić information content (AvgIpc) is 3.47. The molecule has 10 rings (SSSR count). The van der Waals surface area contributed by atoms with Gasteiger partial charge in [0.05, 0.1) is 11.0 Å². The molecule has 214 valence electrons. The minimum atomic E-state index is 1.17. The molecule has 1 aliphatic rings. The second kappa shape index (κ2) is 9.97. The van der Waals surface area contributed by atoms with E-state index in [0.29, 0.717) is 0 Å². The molecule has 0 saturated heterocycles. The van der Waals surface area contributed by atoms with Crippen LogP contribution in [0.4, 0.5) is 0 Å². The van der Waals surface area contributed by atoms with Crippen molar-refractivity contribution in [2.24, 2.45) is 0 Å². The zero-order valence-electron chi connectivity index (χ0n) is 24.9. The first kappa shape index (κ1) is 25.7. The van der Waals surface area contributed by atoms with E-state index in [0.717, 1.165) is 0 Å². The molecule has 1 aliphatic heterocycles. The summed E-state index contributed by atoms with van der Waals surface area (Å²) in [5, 5.41) is 7.77. The molecule has 46 heavy (non-hydrogen) atoms. The molecule has 0 N–H and O–H groups in total. The zero-order valence-corrected chi connectivity index (χ0v) is 25.8. The minimum absolute atomic E-state index is 1.17. The van der Waals surface area contributed by atoms with Gasteiger partial charge in [-0.3, -0.25) is 0 Å². The topological polar surface area (TPSA) is 4.93 Å². The van der Waals surface area contributed by atoms with E-state index in [1.54, 1.807) is 0 Å². The Bertz CT molecular complexity index is 2660. The van der Waals surface area contributed by atoms with Crippen LogP contribution in [-0.4, -0.2) is 4.57 Å². The number of rotatable bonds is 3. The molecule has 2 heterocycles. The first-order valence-corrected chi connectivity index (χ1v) is 16.6. The second-order valence-electron chi connectivity index (χ2n) is 12.1. The monoisotopic (exact) mass is 601 g/mol. The van der Waals surface area contributed by atoms with Gasteiger partial charge in [0.25, 0.3) is 0 Å². The summed E-state index contributed by atoms with van der Waals surface area (Å²) >= 11 is 1.88. The van der Waals surface area contributed by atoms with Crippen LogP contribution >= 0.6 is 11.8 Å². The van der Waals surface area contributed by atoms with Crippen LogP contribution in [0.5, 0.6) is 0 Å². The molecule has 0 atom stereocenters. The van der Waals surface area contributed by atoms with Crippen LogP contribution in [0.25, 0.3) is 82.4 Å². The van der Waals surface area contributed by atoms with Gasteiger partial charge in [0.15, 0.2) is 0 Å². The number of nitrogens with zero attached hydrogens (tertiary/aromatic N) is 1. The fourth-order valence-corrected chi connectivity index (χ4v) is 8.73. The maximum atomic E-state index is 2.46. The highest BCUT2D eigenvalue weighted by atomic mass is 32.2. The van der Waals surface area contributed by atoms with E-state index in [1.807, 2.05) is 11.8 Å². The summed E-state index contributed by atoms with van der Waals surface area (Å²) in [4.78, 5) is 2.65. The Labute approximate surface area is 271 Å². The molecule has 0 saturated carbocycles. The summed E-state index contributed by atoms with van der Waals surface area (Å²) in [5.41, 5.74) is 11.2. The number of hydrogen-bond acceptors (Lipinski definition) is 1. The lowest BCUT2D eigenvalue weighted by molar-refractivity contribution is 1.18. The predicted molar refractivity (Wildman–Crippen MR) is 196 cm³/mol. The van der Waals surface area contributed by atoms with Crippen molar-refractivity contribution >= 4 is 55.1 Å². The third-order valence-electron chi connectivity index (χ3n) is 9.58. The molecule has 0 aliphatic carbocycles. The fourth-order valence-electron chi connectivity index (χ4n) is 7.60. The predicted octanol–water partition coefficient (Wildman–Crippen LogP) is 12.6. The van der Waals surface area contributed by atoms with Gasteiger partial charge in [-0.2, -0.15) is 0 Å². The quantitative estimate of drug-likeness (QED) is 0.195. The van der Waals surface area contributed by atoms with Gasteiger partial charge < -0.3 is 4.57 Å². The molecule has 1 aromatic heterocycles. The van der Waals surface area contributed by atoms with Crippen molar-refractivity contribution in [3.05, 3.63) is 164 Å². The van der Waals surface area contributed by atoms with Crippen molar-refractivity contribution < 1.29 is 0 Å². The van der Waals surface area contributed by atoms with Gasteiger partial charge in [-0.1, -0.05) is 139 Å². The maximum Gasteiger partial charge on any atom is 0.0619 e. The number of hydrogen-bond donors (Lipinski definition) is 0. The van der Waals surface area contributed by atoms with Crippen molar-refractivity contribution in [2.75, 3.05) is 0 Å². The first-order chi connectivity index (χ1) is 22.8. The van der Waals surface area contributed by atoms with E-state index in [9.17, 15) is 0 Å². The Kier molecular flexibility index (Phi) is 5.58. The molecular weight excluding hydrogens is 575 g/mol. The van der Waals surface area contributed by atoms with Crippen molar-refractivity contribution in [1.82, 2.24) is 4.57 Å². The number of para-hydroxylation sites is 2. The Morgan fingerprint density at radius 2 is 1.09 bits per heavy atom. The van der Waals surface area contributed by atoms with Crippen LogP contribution in [0.2, 0.25) is 0 Å². The minimum Gasteiger partial charge on any atom is -0.309 e. The van der Waals surface area contributed by atoms with Crippen LogP contribution in [0, 0.1) is 0 Å². The van der Waals surface area contributed by atoms with Crippen LogP contribution < -0.4 is 0 Å². The fraction of sp³-hybridized carbons (Fsp3) is 0. The SMILES string of the molecule is c1ccc(-n2c3ccc4ccccc4c3c3cccc(-c4ccccc4-c4ccc5c(c4)-c4cccc6cccc(c46)S5)c32)cc1. The Morgan fingerprint density at radius 1 is 0.391 bits per heavy atom.